The molecule has 0 saturated heterocycles. The molecule has 2 rings (SSSR count). The van der Waals surface area contributed by atoms with Crippen molar-refractivity contribution in [2.45, 2.75) is 26.2 Å². The van der Waals surface area contributed by atoms with Crippen LogP contribution < -0.4 is 11.1 Å². The number of hydrogen-bond acceptors (Lipinski definition) is 3. The van der Waals surface area contributed by atoms with Gasteiger partial charge in [-0.15, -0.1) is 0 Å². The maximum absolute atomic E-state index is 5.79. The summed E-state index contributed by atoms with van der Waals surface area (Å²) in [5, 5.41) is 3.44. The molecular formula is C13H19N3. The van der Waals surface area contributed by atoms with Gasteiger partial charge in [0, 0.05) is 24.6 Å². The predicted molar refractivity (Wildman–Crippen MR) is 67.0 cm³/mol. The van der Waals surface area contributed by atoms with Crippen LogP contribution in [-0.2, 0) is 0 Å². The van der Waals surface area contributed by atoms with E-state index in [0.717, 1.165) is 37.2 Å². The summed E-state index contributed by atoms with van der Waals surface area (Å²) in [5.41, 5.74) is 8.24. The molecule has 0 bridgehead atoms. The Hall–Kier alpha value is -1.51. The number of nitrogens with zero attached hydrogens (tertiary/aromatic N) is 1. The fourth-order valence-electron chi connectivity index (χ4n) is 1.97. The third-order valence-corrected chi connectivity index (χ3v) is 3.26. The molecule has 86 valence electrons. The molecule has 0 aromatic carbocycles. The molecule has 1 aromatic heterocycles. The van der Waals surface area contributed by atoms with E-state index in [0.29, 0.717) is 5.41 Å². The van der Waals surface area contributed by atoms with Gasteiger partial charge in [-0.25, -0.2) is 0 Å². The van der Waals surface area contributed by atoms with Gasteiger partial charge in [0.15, 0.2) is 0 Å². The van der Waals surface area contributed by atoms with Crippen LogP contribution in [-0.4, -0.2) is 11.5 Å². The van der Waals surface area contributed by atoms with Gasteiger partial charge < -0.3 is 11.1 Å². The first-order chi connectivity index (χ1) is 7.68. The van der Waals surface area contributed by atoms with Crippen molar-refractivity contribution >= 4 is 5.69 Å². The van der Waals surface area contributed by atoms with E-state index in [4.69, 9.17) is 5.73 Å². The van der Waals surface area contributed by atoms with Gasteiger partial charge in [-0.3, -0.25) is 4.98 Å². The fraction of sp³-hybridized carbons (Fsp3) is 0.462. The van der Waals surface area contributed by atoms with E-state index < -0.39 is 0 Å². The molecular weight excluding hydrogens is 198 g/mol. The number of allylic oxidation sites excluding steroid dienone is 2. The van der Waals surface area contributed by atoms with Gasteiger partial charge in [-0.1, -0.05) is 13.0 Å². The van der Waals surface area contributed by atoms with Crippen molar-refractivity contribution in [1.29, 1.82) is 0 Å². The Kier molecular flexibility index (Phi) is 3.13. The summed E-state index contributed by atoms with van der Waals surface area (Å²) in [6, 6.07) is 3.99. The molecule has 1 unspecified atom stereocenters. The second kappa shape index (κ2) is 4.56. The Morgan fingerprint density at radius 1 is 1.56 bits per heavy atom. The van der Waals surface area contributed by atoms with E-state index in [1.165, 1.54) is 0 Å². The van der Waals surface area contributed by atoms with Gasteiger partial charge in [-0.05, 0) is 36.8 Å². The predicted octanol–water partition coefficient (Wildman–Crippen LogP) is 2.53. The molecule has 1 aromatic rings. The summed E-state index contributed by atoms with van der Waals surface area (Å²) in [6.45, 7) is 3.28. The summed E-state index contributed by atoms with van der Waals surface area (Å²) in [7, 11) is 0. The van der Waals surface area contributed by atoms with Crippen LogP contribution >= 0.6 is 0 Å². The zero-order valence-corrected chi connectivity index (χ0v) is 9.74. The number of nitrogens with two attached hydrogens (primary N) is 1. The number of aromatic nitrogens is 1. The molecule has 1 aliphatic rings. The van der Waals surface area contributed by atoms with Crippen LogP contribution in [0.3, 0.4) is 0 Å². The highest BCUT2D eigenvalue weighted by molar-refractivity contribution is 5.39. The minimum atomic E-state index is 0.318. The third-order valence-electron chi connectivity index (χ3n) is 3.26. The van der Waals surface area contributed by atoms with Gasteiger partial charge in [0.05, 0.1) is 5.69 Å². The third kappa shape index (κ3) is 2.75. The van der Waals surface area contributed by atoms with Gasteiger partial charge in [0.1, 0.15) is 0 Å². The number of nitrogens with one attached hydrogen (secondary N) is 1. The minimum Gasteiger partial charge on any atom is -0.402 e. The van der Waals surface area contributed by atoms with Gasteiger partial charge in [0.2, 0.25) is 0 Å². The lowest BCUT2D eigenvalue weighted by Crippen LogP contribution is -2.29. The van der Waals surface area contributed by atoms with Crippen LogP contribution in [0.4, 0.5) is 5.69 Å². The Morgan fingerprint density at radius 3 is 3.06 bits per heavy atom. The topological polar surface area (TPSA) is 50.9 Å². The normalized spacial score (nSPS) is 24.9. The van der Waals surface area contributed by atoms with Gasteiger partial charge in [-0.2, -0.15) is 0 Å². The molecule has 0 fully saturated rings. The van der Waals surface area contributed by atoms with Crippen LogP contribution in [0, 0.1) is 5.41 Å². The van der Waals surface area contributed by atoms with Gasteiger partial charge in [0.25, 0.3) is 0 Å². The van der Waals surface area contributed by atoms with Crippen LogP contribution in [0.5, 0.6) is 0 Å². The van der Waals surface area contributed by atoms with Crippen molar-refractivity contribution in [2.75, 3.05) is 11.9 Å². The molecule has 1 aliphatic carbocycles. The SMILES string of the molecule is CC1(CNc2cccnc2)CC=C(N)CC1. The largest absolute Gasteiger partial charge is 0.402 e. The Balaban J connectivity index is 1.91. The Morgan fingerprint density at radius 2 is 2.44 bits per heavy atom. The molecule has 1 heterocycles. The summed E-state index contributed by atoms with van der Waals surface area (Å²) in [5.74, 6) is 0. The minimum absolute atomic E-state index is 0.318. The molecule has 16 heavy (non-hydrogen) atoms. The summed E-state index contributed by atoms with van der Waals surface area (Å²) >= 11 is 0. The van der Waals surface area contributed by atoms with E-state index >= 15 is 0 Å². The zero-order chi connectivity index (χ0) is 11.4. The van der Waals surface area contributed by atoms with Crippen molar-refractivity contribution in [3.63, 3.8) is 0 Å². The molecule has 3 heteroatoms. The lowest BCUT2D eigenvalue weighted by Gasteiger charge is -2.32. The highest BCUT2D eigenvalue weighted by Gasteiger charge is 2.25. The van der Waals surface area contributed by atoms with Crippen LogP contribution in [0.25, 0.3) is 0 Å². The number of anilines is 1. The molecule has 0 spiro atoms. The molecule has 1 atom stereocenters. The van der Waals surface area contributed by atoms with Crippen LogP contribution in [0.1, 0.15) is 26.2 Å². The smallest absolute Gasteiger partial charge is 0.0526 e. The van der Waals surface area contributed by atoms with Crippen molar-refractivity contribution in [1.82, 2.24) is 4.98 Å². The highest BCUT2D eigenvalue weighted by atomic mass is 14.9. The average molecular weight is 217 g/mol. The molecule has 3 N–H and O–H groups in total. The van der Waals surface area contributed by atoms with E-state index in [1.54, 1.807) is 6.20 Å². The van der Waals surface area contributed by atoms with Crippen molar-refractivity contribution in [2.24, 2.45) is 11.1 Å². The Bertz CT molecular complexity index is 372. The van der Waals surface area contributed by atoms with Crippen molar-refractivity contribution < 1.29 is 0 Å². The van der Waals surface area contributed by atoms with Crippen molar-refractivity contribution in [3.8, 4) is 0 Å². The molecule has 3 nitrogen and oxygen atoms in total. The number of rotatable bonds is 3. The molecule has 0 amide bonds. The zero-order valence-electron chi connectivity index (χ0n) is 9.74. The first kappa shape index (κ1) is 11.0. The first-order valence-electron chi connectivity index (χ1n) is 5.76. The summed E-state index contributed by atoms with van der Waals surface area (Å²) < 4.78 is 0. The van der Waals surface area contributed by atoms with E-state index in [1.807, 2.05) is 18.3 Å². The highest BCUT2D eigenvalue weighted by Crippen LogP contribution is 2.33. The first-order valence-corrected chi connectivity index (χ1v) is 5.76. The van der Waals surface area contributed by atoms with Crippen molar-refractivity contribution in [3.05, 3.63) is 36.3 Å². The average Bonchev–Trinajstić information content (AvgIpc) is 2.33. The Labute approximate surface area is 96.8 Å². The van der Waals surface area contributed by atoms with E-state index in [2.05, 4.69) is 23.3 Å². The van der Waals surface area contributed by atoms with E-state index in [-0.39, 0.29) is 0 Å². The second-order valence-corrected chi connectivity index (χ2v) is 4.89. The maximum Gasteiger partial charge on any atom is 0.0526 e. The number of pyridine rings is 1. The van der Waals surface area contributed by atoms with E-state index in [9.17, 15) is 0 Å². The standard InChI is InChI=1S/C13H19N3/c1-13(6-4-11(14)5-7-13)10-16-12-3-2-8-15-9-12/h2-4,8-9,16H,5-7,10,14H2,1H3. The lowest BCUT2D eigenvalue weighted by molar-refractivity contribution is 0.308. The summed E-state index contributed by atoms with van der Waals surface area (Å²) in [4.78, 5) is 4.09. The number of hydrogen-bond donors (Lipinski definition) is 2. The quantitative estimate of drug-likeness (QED) is 0.818. The van der Waals surface area contributed by atoms with Crippen LogP contribution in [0.2, 0.25) is 0 Å². The maximum atomic E-state index is 5.79. The molecule has 0 saturated carbocycles. The second-order valence-electron chi connectivity index (χ2n) is 4.89. The molecule has 0 radical (unpaired) electrons. The summed E-state index contributed by atoms with van der Waals surface area (Å²) in [6.07, 6.45) is 9.04. The van der Waals surface area contributed by atoms with Gasteiger partial charge >= 0.3 is 0 Å². The lowest BCUT2D eigenvalue weighted by atomic mass is 9.78. The van der Waals surface area contributed by atoms with Crippen LogP contribution in [0.15, 0.2) is 36.3 Å². The fourth-order valence-corrected chi connectivity index (χ4v) is 1.97. The monoisotopic (exact) mass is 217 g/mol. The molecule has 0 aliphatic heterocycles.